The maximum atomic E-state index is 10.2. The van der Waals surface area contributed by atoms with Gasteiger partial charge in [0.25, 0.3) is 0 Å². The van der Waals surface area contributed by atoms with Crippen LogP contribution in [-0.2, 0) is 6.54 Å². The average Bonchev–Trinajstić information content (AvgIpc) is 2.51. The zero-order valence-electron chi connectivity index (χ0n) is 13.5. The molecule has 0 aliphatic carbocycles. The third kappa shape index (κ3) is 5.21. The third-order valence-corrected chi connectivity index (χ3v) is 6.06. The number of benzene rings is 1. The second-order valence-electron chi connectivity index (χ2n) is 6.10. The molecule has 1 aliphatic rings. The van der Waals surface area contributed by atoms with Gasteiger partial charge in [0.15, 0.2) is 0 Å². The fourth-order valence-electron chi connectivity index (χ4n) is 3.15. The van der Waals surface area contributed by atoms with Gasteiger partial charge in [-0.1, -0.05) is 13.8 Å². The number of piperidine rings is 1. The van der Waals surface area contributed by atoms with Crippen LogP contribution in [-0.4, -0.2) is 47.6 Å². The van der Waals surface area contributed by atoms with E-state index in [1.807, 2.05) is 6.07 Å². The highest BCUT2D eigenvalue weighted by Gasteiger charge is 2.21. The van der Waals surface area contributed by atoms with Crippen LogP contribution >= 0.6 is 45.2 Å². The summed E-state index contributed by atoms with van der Waals surface area (Å²) in [7, 11) is 0. The van der Waals surface area contributed by atoms with E-state index >= 15 is 0 Å². The van der Waals surface area contributed by atoms with Crippen molar-refractivity contribution in [2.75, 3.05) is 32.7 Å². The molecule has 0 bridgehead atoms. The van der Waals surface area contributed by atoms with Crippen molar-refractivity contribution in [3.8, 4) is 5.75 Å². The van der Waals surface area contributed by atoms with E-state index in [1.54, 1.807) is 0 Å². The van der Waals surface area contributed by atoms with Gasteiger partial charge in [0.05, 0.1) is 3.57 Å². The van der Waals surface area contributed by atoms with E-state index in [9.17, 15) is 5.11 Å². The number of halogens is 2. The van der Waals surface area contributed by atoms with Crippen molar-refractivity contribution in [1.82, 2.24) is 9.80 Å². The fraction of sp³-hybridized carbons (Fsp3) is 0.647. The van der Waals surface area contributed by atoms with Crippen molar-refractivity contribution >= 4 is 45.2 Å². The summed E-state index contributed by atoms with van der Waals surface area (Å²) in [5.74, 6) is 1.30. The first-order chi connectivity index (χ1) is 10.5. The standard InChI is InChI=1S/C17H26I2N2O/c1-3-20(4-2)11-13-5-7-21(8-6-13)12-14-9-15(18)10-16(19)17(14)22/h9-10,13,22H,3-8,11-12H2,1-2H3. The maximum Gasteiger partial charge on any atom is 0.133 e. The van der Waals surface area contributed by atoms with Gasteiger partial charge in [0.2, 0.25) is 0 Å². The Hall–Kier alpha value is 0.400. The van der Waals surface area contributed by atoms with Gasteiger partial charge < -0.3 is 10.0 Å². The number of rotatable bonds is 6. The number of phenols is 1. The molecule has 0 aromatic heterocycles. The molecule has 0 atom stereocenters. The van der Waals surface area contributed by atoms with Crippen LogP contribution in [0.15, 0.2) is 12.1 Å². The molecule has 2 rings (SSSR count). The predicted molar refractivity (Wildman–Crippen MR) is 109 cm³/mol. The molecule has 0 unspecified atom stereocenters. The summed E-state index contributed by atoms with van der Waals surface area (Å²) in [6.45, 7) is 11.2. The van der Waals surface area contributed by atoms with E-state index in [0.717, 1.165) is 47.8 Å². The van der Waals surface area contributed by atoms with Gasteiger partial charge in [0, 0.05) is 22.2 Å². The summed E-state index contributed by atoms with van der Waals surface area (Å²) in [6.07, 6.45) is 2.55. The molecule has 0 saturated carbocycles. The van der Waals surface area contributed by atoms with Gasteiger partial charge in [0.1, 0.15) is 5.75 Å². The molecule has 3 nitrogen and oxygen atoms in total. The zero-order chi connectivity index (χ0) is 16.1. The molecule has 5 heteroatoms. The molecular weight excluding hydrogens is 502 g/mol. The van der Waals surface area contributed by atoms with Gasteiger partial charge in [-0.3, -0.25) is 4.90 Å². The highest BCUT2D eigenvalue weighted by molar-refractivity contribution is 14.1. The van der Waals surface area contributed by atoms with E-state index < -0.39 is 0 Å². The summed E-state index contributed by atoms with van der Waals surface area (Å²) >= 11 is 4.54. The molecule has 1 N–H and O–H groups in total. The Morgan fingerprint density at radius 2 is 1.82 bits per heavy atom. The Bertz CT molecular complexity index is 484. The van der Waals surface area contributed by atoms with Crippen LogP contribution in [0.4, 0.5) is 0 Å². The molecule has 1 fully saturated rings. The maximum absolute atomic E-state index is 10.2. The Balaban J connectivity index is 1.88. The smallest absolute Gasteiger partial charge is 0.133 e. The topological polar surface area (TPSA) is 26.7 Å². The van der Waals surface area contributed by atoms with Crippen molar-refractivity contribution in [2.24, 2.45) is 5.92 Å². The Morgan fingerprint density at radius 1 is 1.18 bits per heavy atom. The first-order valence-electron chi connectivity index (χ1n) is 8.15. The van der Waals surface area contributed by atoms with E-state index in [1.165, 1.54) is 23.0 Å². The summed E-state index contributed by atoms with van der Waals surface area (Å²) in [5.41, 5.74) is 1.07. The van der Waals surface area contributed by atoms with E-state index in [0.29, 0.717) is 5.75 Å². The Kier molecular flexibility index (Phi) is 7.69. The molecule has 0 radical (unpaired) electrons. The highest BCUT2D eigenvalue weighted by Crippen LogP contribution is 2.29. The Morgan fingerprint density at radius 3 is 2.41 bits per heavy atom. The van der Waals surface area contributed by atoms with Crippen LogP contribution in [0.1, 0.15) is 32.3 Å². The molecule has 1 saturated heterocycles. The summed E-state index contributed by atoms with van der Waals surface area (Å²) in [6, 6.07) is 4.14. The lowest BCUT2D eigenvalue weighted by Gasteiger charge is -2.34. The molecule has 22 heavy (non-hydrogen) atoms. The second-order valence-corrected chi connectivity index (χ2v) is 8.51. The molecule has 1 aliphatic heterocycles. The number of hydrogen-bond acceptors (Lipinski definition) is 3. The number of phenolic OH excluding ortho intramolecular Hbond substituents is 1. The minimum absolute atomic E-state index is 0.464. The number of nitrogens with zero attached hydrogens (tertiary/aromatic N) is 2. The van der Waals surface area contributed by atoms with E-state index in [2.05, 4.69) is 74.9 Å². The lowest BCUT2D eigenvalue weighted by Crippen LogP contribution is -2.38. The monoisotopic (exact) mass is 528 g/mol. The van der Waals surface area contributed by atoms with Crippen LogP contribution in [0.2, 0.25) is 0 Å². The van der Waals surface area contributed by atoms with Gasteiger partial charge in [-0.25, -0.2) is 0 Å². The highest BCUT2D eigenvalue weighted by atomic mass is 127. The second kappa shape index (κ2) is 9.03. The third-order valence-electron chi connectivity index (χ3n) is 4.62. The van der Waals surface area contributed by atoms with Crippen LogP contribution in [0.5, 0.6) is 5.75 Å². The Labute approximate surface area is 161 Å². The normalized spacial score (nSPS) is 17.3. The minimum Gasteiger partial charge on any atom is -0.507 e. The molecular formula is C17H26I2N2O. The number of aromatic hydroxyl groups is 1. The summed E-state index contributed by atoms with van der Waals surface area (Å²) in [5, 5.41) is 10.2. The lowest BCUT2D eigenvalue weighted by atomic mass is 9.95. The largest absolute Gasteiger partial charge is 0.507 e. The minimum atomic E-state index is 0.464. The lowest BCUT2D eigenvalue weighted by molar-refractivity contribution is 0.142. The van der Waals surface area contributed by atoms with Gasteiger partial charge in [-0.2, -0.15) is 0 Å². The van der Waals surface area contributed by atoms with Crippen molar-refractivity contribution in [1.29, 1.82) is 0 Å². The van der Waals surface area contributed by atoms with Crippen LogP contribution in [0, 0.1) is 13.1 Å². The predicted octanol–water partition coefficient (Wildman–Crippen LogP) is 4.16. The van der Waals surface area contributed by atoms with E-state index in [4.69, 9.17) is 0 Å². The van der Waals surface area contributed by atoms with Crippen LogP contribution < -0.4 is 0 Å². The molecule has 1 aromatic carbocycles. The SMILES string of the molecule is CCN(CC)CC1CCN(Cc2cc(I)cc(I)c2O)CC1. The van der Waals surface area contributed by atoms with E-state index in [-0.39, 0.29) is 0 Å². The number of hydrogen-bond donors (Lipinski definition) is 1. The first-order valence-corrected chi connectivity index (χ1v) is 10.3. The molecule has 124 valence electrons. The van der Waals surface area contributed by atoms with Crippen LogP contribution in [0.25, 0.3) is 0 Å². The van der Waals surface area contributed by atoms with Gasteiger partial charge in [-0.15, -0.1) is 0 Å². The van der Waals surface area contributed by atoms with Crippen molar-refractivity contribution < 1.29 is 5.11 Å². The average molecular weight is 528 g/mol. The first kappa shape index (κ1) is 18.7. The van der Waals surface area contributed by atoms with Crippen molar-refractivity contribution in [3.63, 3.8) is 0 Å². The van der Waals surface area contributed by atoms with Crippen molar-refractivity contribution in [2.45, 2.75) is 33.2 Å². The van der Waals surface area contributed by atoms with Gasteiger partial charge >= 0.3 is 0 Å². The molecule has 1 aromatic rings. The summed E-state index contributed by atoms with van der Waals surface area (Å²) < 4.78 is 2.15. The molecule has 0 amide bonds. The summed E-state index contributed by atoms with van der Waals surface area (Å²) in [4.78, 5) is 5.02. The van der Waals surface area contributed by atoms with Crippen LogP contribution in [0.3, 0.4) is 0 Å². The molecule has 0 spiro atoms. The zero-order valence-corrected chi connectivity index (χ0v) is 17.8. The fourth-order valence-corrected chi connectivity index (χ4v) is 5.12. The quantitative estimate of drug-likeness (QED) is 0.563. The van der Waals surface area contributed by atoms with Gasteiger partial charge in [-0.05, 0) is 102 Å². The molecule has 1 heterocycles. The number of likely N-dealkylation sites (tertiary alicyclic amines) is 1. The van der Waals surface area contributed by atoms with Crippen molar-refractivity contribution in [3.05, 3.63) is 24.8 Å².